The van der Waals surface area contributed by atoms with Crippen LogP contribution in [0.2, 0.25) is 0 Å². The normalized spacial score (nSPS) is 19.3. The highest BCUT2D eigenvalue weighted by molar-refractivity contribution is 5.37. The average molecular weight is 263 g/mol. The molecule has 2 unspecified atom stereocenters. The second-order valence-electron chi connectivity index (χ2n) is 5.47. The minimum atomic E-state index is 0.250. The Labute approximate surface area is 116 Å². The minimum Gasteiger partial charge on any atom is -0.488 e. The lowest BCUT2D eigenvalue weighted by Gasteiger charge is -2.24. The summed E-state index contributed by atoms with van der Waals surface area (Å²) in [6.07, 6.45) is 1.25. The van der Waals surface area contributed by atoms with Crippen LogP contribution in [0.4, 0.5) is 0 Å². The van der Waals surface area contributed by atoms with E-state index in [1.807, 2.05) is 13.0 Å². The maximum atomic E-state index is 5.94. The van der Waals surface area contributed by atoms with Crippen molar-refractivity contribution in [3.8, 4) is 5.75 Å². The van der Waals surface area contributed by atoms with Gasteiger partial charge >= 0.3 is 0 Å². The van der Waals surface area contributed by atoms with Crippen LogP contribution >= 0.6 is 0 Å². The first-order valence-electron chi connectivity index (χ1n) is 7.26. The third-order valence-electron chi connectivity index (χ3n) is 3.63. The van der Waals surface area contributed by atoms with E-state index in [1.165, 1.54) is 5.56 Å². The van der Waals surface area contributed by atoms with Crippen LogP contribution in [0.1, 0.15) is 26.3 Å². The molecule has 1 aliphatic heterocycles. The largest absolute Gasteiger partial charge is 0.488 e. The first-order valence-corrected chi connectivity index (χ1v) is 7.26. The van der Waals surface area contributed by atoms with Gasteiger partial charge in [0.2, 0.25) is 0 Å². The zero-order valence-corrected chi connectivity index (χ0v) is 12.2. The first-order chi connectivity index (χ1) is 9.20. The molecule has 0 radical (unpaired) electrons. The van der Waals surface area contributed by atoms with Crippen molar-refractivity contribution in [2.45, 2.75) is 39.3 Å². The molecule has 0 spiro atoms. The Hall–Kier alpha value is -1.06. The van der Waals surface area contributed by atoms with Gasteiger partial charge in [-0.05, 0) is 24.5 Å². The highest BCUT2D eigenvalue weighted by Crippen LogP contribution is 2.27. The number of para-hydroxylation sites is 1. The molecular weight excluding hydrogens is 238 g/mol. The Morgan fingerprint density at radius 3 is 2.84 bits per heavy atom. The second kappa shape index (κ2) is 6.92. The van der Waals surface area contributed by atoms with E-state index in [9.17, 15) is 0 Å². The third kappa shape index (κ3) is 3.95. The number of benzene rings is 1. The van der Waals surface area contributed by atoms with Crippen LogP contribution in [0.25, 0.3) is 0 Å². The van der Waals surface area contributed by atoms with Crippen molar-refractivity contribution in [3.63, 3.8) is 0 Å². The Kier molecular flexibility index (Phi) is 5.23. The Morgan fingerprint density at radius 1 is 1.37 bits per heavy atom. The Balaban J connectivity index is 1.80. The maximum absolute atomic E-state index is 5.94. The van der Waals surface area contributed by atoms with Gasteiger partial charge in [0.25, 0.3) is 0 Å². The predicted octanol–water partition coefficient (Wildman–Crippen LogP) is 2.64. The lowest BCUT2D eigenvalue weighted by atomic mass is 10.0. The molecule has 0 saturated carbocycles. The summed E-state index contributed by atoms with van der Waals surface area (Å²) < 4.78 is 11.5. The molecule has 1 aliphatic rings. The van der Waals surface area contributed by atoms with Crippen LogP contribution in [0.5, 0.6) is 5.75 Å². The summed E-state index contributed by atoms with van der Waals surface area (Å²) in [6.45, 7) is 8.91. The lowest BCUT2D eigenvalue weighted by Crippen LogP contribution is -2.43. The molecule has 0 fully saturated rings. The van der Waals surface area contributed by atoms with Crippen LogP contribution in [0, 0.1) is 5.92 Å². The van der Waals surface area contributed by atoms with Gasteiger partial charge in [-0.15, -0.1) is 0 Å². The SMILES string of the molecule is CCOCC(NCC1Cc2ccccc2O1)C(C)C. The first kappa shape index (κ1) is 14.4. The number of rotatable bonds is 7. The summed E-state index contributed by atoms with van der Waals surface area (Å²) in [4.78, 5) is 0. The summed E-state index contributed by atoms with van der Waals surface area (Å²) in [6, 6.07) is 8.70. The summed E-state index contributed by atoms with van der Waals surface area (Å²) >= 11 is 0. The van der Waals surface area contributed by atoms with E-state index >= 15 is 0 Å². The molecule has 0 saturated heterocycles. The molecule has 0 bridgehead atoms. The molecule has 0 aliphatic carbocycles. The van der Waals surface area contributed by atoms with Gasteiger partial charge in [-0.1, -0.05) is 32.0 Å². The Morgan fingerprint density at radius 2 is 2.16 bits per heavy atom. The lowest BCUT2D eigenvalue weighted by molar-refractivity contribution is 0.102. The molecule has 106 valence electrons. The smallest absolute Gasteiger partial charge is 0.123 e. The molecule has 3 nitrogen and oxygen atoms in total. The zero-order chi connectivity index (χ0) is 13.7. The molecule has 0 aromatic heterocycles. The number of ether oxygens (including phenoxy) is 2. The van der Waals surface area contributed by atoms with E-state index in [0.29, 0.717) is 12.0 Å². The van der Waals surface area contributed by atoms with Gasteiger partial charge in [0.15, 0.2) is 0 Å². The van der Waals surface area contributed by atoms with Crippen LogP contribution < -0.4 is 10.1 Å². The van der Waals surface area contributed by atoms with Crippen molar-refractivity contribution in [3.05, 3.63) is 29.8 Å². The Bertz CT molecular complexity index is 367. The van der Waals surface area contributed by atoms with Crippen LogP contribution in [-0.4, -0.2) is 31.9 Å². The van der Waals surface area contributed by atoms with Crippen LogP contribution in [0.15, 0.2) is 24.3 Å². The monoisotopic (exact) mass is 263 g/mol. The van der Waals surface area contributed by atoms with E-state index in [-0.39, 0.29) is 6.10 Å². The number of hydrogen-bond acceptors (Lipinski definition) is 3. The van der Waals surface area contributed by atoms with Crippen LogP contribution in [0.3, 0.4) is 0 Å². The quantitative estimate of drug-likeness (QED) is 0.820. The fourth-order valence-corrected chi connectivity index (χ4v) is 2.38. The van der Waals surface area contributed by atoms with Crippen molar-refractivity contribution >= 4 is 0 Å². The fraction of sp³-hybridized carbons (Fsp3) is 0.625. The summed E-state index contributed by atoms with van der Waals surface area (Å²) in [5.41, 5.74) is 1.32. The molecule has 2 atom stereocenters. The van der Waals surface area contributed by atoms with Gasteiger partial charge in [-0.2, -0.15) is 0 Å². The molecule has 1 aromatic carbocycles. The standard InChI is InChI=1S/C16H25NO2/c1-4-18-11-15(12(2)3)17-10-14-9-13-7-5-6-8-16(13)19-14/h5-8,12,14-15,17H,4,9-11H2,1-3H3. The molecule has 0 amide bonds. The third-order valence-corrected chi connectivity index (χ3v) is 3.63. The molecule has 1 N–H and O–H groups in total. The number of fused-ring (bicyclic) bond motifs is 1. The average Bonchev–Trinajstić information content (AvgIpc) is 2.81. The van der Waals surface area contributed by atoms with Crippen LogP contribution in [-0.2, 0) is 11.2 Å². The highest BCUT2D eigenvalue weighted by atomic mass is 16.5. The van der Waals surface area contributed by atoms with Gasteiger partial charge in [-0.25, -0.2) is 0 Å². The van der Waals surface area contributed by atoms with Gasteiger partial charge in [0.05, 0.1) is 6.61 Å². The maximum Gasteiger partial charge on any atom is 0.123 e. The summed E-state index contributed by atoms with van der Waals surface area (Å²) in [7, 11) is 0. The van der Waals surface area contributed by atoms with Crippen molar-refractivity contribution < 1.29 is 9.47 Å². The summed E-state index contributed by atoms with van der Waals surface area (Å²) in [5.74, 6) is 1.61. The van der Waals surface area contributed by atoms with Gasteiger partial charge in [0, 0.05) is 25.6 Å². The van der Waals surface area contributed by atoms with E-state index in [2.05, 4.69) is 37.4 Å². The van der Waals surface area contributed by atoms with E-state index in [4.69, 9.17) is 9.47 Å². The van der Waals surface area contributed by atoms with Crippen molar-refractivity contribution in [2.24, 2.45) is 5.92 Å². The minimum absolute atomic E-state index is 0.250. The van der Waals surface area contributed by atoms with Gasteiger partial charge < -0.3 is 14.8 Å². The van der Waals surface area contributed by atoms with E-state index < -0.39 is 0 Å². The van der Waals surface area contributed by atoms with E-state index in [1.54, 1.807) is 0 Å². The molecule has 1 aromatic rings. The van der Waals surface area contributed by atoms with Gasteiger partial charge in [-0.3, -0.25) is 0 Å². The number of hydrogen-bond donors (Lipinski definition) is 1. The predicted molar refractivity (Wildman–Crippen MR) is 77.7 cm³/mol. The van der Waals surface area contributed by atoms with Crippen molar-refractivity contribution in [1.29, 1.82) is 0 Å². The molecule has 2 rings (SSSR count). The van der Waals surface area contributed by atoms with Crippen molar-refractivity contribution in [1.82, 2.24) is 5.32 Å². The van der Waals surface area contributed by atoms with Gasteiger partial charge in [0.1, 0.15) is 11.9 Å². The van der Waals surface area contributed by atoms with E-state index in [0.717, 1.165) is 31.9 Å². The second-order valence-corrected chi connectivity index (χ2v) is 5.47. The zero-order valence-electron chi connectivity index (χ0n) is 12.2. The molecular formula is C16H25NO2. The molecule has 1 heterocycles. The van der Waals surface area contributed by atoms with Crippen molar-refractivity contribution in [2.75, 3.05) is 19.8 Å². The topological polar surface area (TPSA) is 30.5 Å². The molecule has 3 heteroatoms. The number of nitrogens with one attached hydrogen (secondary N) is 1. The summed E-state index contributed by atoms with van der Waals surface area (Å²) in [5, 5.41) is 3.58. The fourth-order valence-electron chi connectivity index (χ4n) is 2.38. The molecule has 19 heavy (non-hydrogen) atoms. The highest BCUT2D eigenvalue weighted by Gasteiger charge is 2.23.